The SMILES string of the molecule is C.CCCCOC(=O)C(=O)N1CCC(C)CC1.Cc1cc(C[C@@H](OC(=O)N2CCC(N3CCc4ccccc4NC3=O)CC2)C(=O)N2CCN(C)CC2)cc2oc(=O)n(C)c12. The number of para-hydroxylation sites is 1. The van der Waals surface area contributed by atoms with E-state index in [-0.39, 0.29) is 31.8 Å². The molecule has 0 spiro atoms. The molecule has 1 atom stereocenters. The number of piperazine rings is 1. The number of hydrogen-bond acceptors (Lipinski definition) is 10. The van der Waals surface area contributed by atoms with Gasteiger partial charge in [-0.2, -0.15) is 0 Å². The standard InChI is InChI=1S/C32H40N6O6.C12H21NO3.CH4/c1-21-18-22(19-26-28(21)35(3)31(41)43-26)20-27(29(39)36-16-14-34(2)15-17-36)44-32(42)37-11-9-24(10-12-37)38-13-8-23-6-4-5-7-25(23)33-30(38)40;1-3-4-9-16-12(15)11(14)13-7-5-10(2)6-8-13;/h4-7,18-19,24,27H,8-17,20H2,1-3H3,(H,33,40);10H,3-9H2,1-2H3;1H4/t27-;;/m1../s1. The molecule has 5 heterocycles. The Morgan fingerprint density at radius 2 is 1.54 bits per heavy atom. The summed E-state index contributed by atoms with van der Waals surface area (Å²) in [5.41, 5.74) is 4.68. The Balaban J connectivity index is 0.000000351. The molecule has 3 fully saturated rings. The number of nitrogens with zero attached hydrogens (tertiary/aromatic N) is 6. The molecule has 1 aromatic heterocycles. The number of piperidine rings is 2. The van der Waals surface area contributed by atoms with Crippen molar-refractivity contribution in [1.82, 2.24) is 29.1 Å². The normalized spacial score (nSPS) is 18.2. The summed E-state index contributed by atoms with van der Waals surface area (Å²) in [7, 11) is 3.67. The van der Waals surface area contributed by atoms with E-state index in [0.717, 1.165) is 67.6 Å². The maximum atomic E-state index is 13.7. The molecule has 4 aliphatic rings. The van der Waals surface area contributed by atoms with E-state index in [1.54, 1.807) is 27.8 Å². The zero-order valence-electron chi connectivity index (χ0n) is 35.8. The van der Waals surface area contributed by atoms with E-state index >= 15 is 0 Å². The maximum Gasteiger partial charge on any atom is 0.419 e. The molecule has 0 unspecified atom stereocenters. The van der Waals surface area contributed by atoms with Crippen molar-refractivity contribution < 1.29 is 37.9 Å². The van der Waals surface area contributed by atoms with Gasteiger partial charge in [0.05, 0.1) is 12.1 Å². The highest BCUT2D eigenvalue weighted by molar-refractivity contribution is 6.32. The molecule has 16 heteroatoms. The minimum absolute atomic E-state index is 0. The maximum absolute atomic E-state index is 13.7. The van der Waals surface area contributed by atoms with Gasteiger partial charge in [0, 0.05) is 84.1 Å². The average molecular weight is 848 g/mol. The Bertz CT molecular complexity index is 2060. The predicted octanol–water partition coefficient (Wildman–Crippen LogP) is 5.04. The molecule has 2 aromatic carbocycles. The van der Waals surface area contributed by atoms with Crippen molar-refractivity contribution in [3.8, 4) is 0 Å². The highest BCUT2D eigenvalue weighted by Crippen LogP contribution is 2.26. The molecule has 7 rings (SSSR count). The molecule has 5 amide bonds. The fourth-order valence-corrected chi connectivity index (χ4v) is 8.33. The third kappa shape index (κ3) is 11.7. The zero-order chi connectivity index (χ0) is 42.9. The third-order valence-corrected chi connectivity index (χ3v) is 12.2. The minimum Gasteiger partial charge on any atom is -0.459 e. The zero-order valence-corrected chi connectivity index (χ0v) is 35.8. The van der Waals surface area contributed by atoms with E-state index in [2.05, 4.69) is 17.1 Å². The van der Waals surface area contributed by atoms with Crippen LogP contribution in [0, 0.1) is 12.8 Å². The molecule has 0 saturated carbocycles. The van der Waals surface area contributed by atoms with Crippen LogP contribution in [0.25, 0.3) is 11.1 Å². The molecule has 1 N–H and O–H groups in total. The van der Waals surface area contributed by atoms with E-state index < -0.39 is 29.8 Å². The summed E-state index contributed by atoms with van der Waals surface area (Å²) >= 11 is 0. The van der Waals surface area contributed by atoms with Crippen LogP contribution in [0.5, 0.6) is 0 Å². The number of esters is 1. The van der Waals surface area contributed by atoms with Crippen LogP contribution in [0.3, 0.4) is 0 Å². The molecule has 61 heavy (non-hydrogen) atoms. The van der Waals surface area contributed by atoms with Gasteiger partial charge in [-0.25, -0.2) is 19.2 Å². The van der Waals surface area contributed by atoms with Crippen molar-refractivity contribution in [1.29, 1.82) is 0 Å². The van der Waals surface area contributed by atoms with Crippen LogP contribution in [0.1, 0.15) is 76.5 Å². The number of aromatic nitrogens is 1. The number of amides is 5. The summed E-state index contributed by atoms with van der Waals surface area (Å²) in [6.45, 7) is 11.9. The summed E-state index contributed by atoms with van der Waals surface area (Å²) in [5.74, 6) is -1.19. The number of urea groups is 1. The second-order valence-electron chi connectivity index (χ2n) is 16.6. The van der Waals surface area contributed by atoms with Crippen LogP contribution in [0.4, 0.5) is 15.3 Å². The Hall–Kier alpha value is -5.38. The van der Waals surface area contributed by atoms with Gasteiger partial charge in [-0.15, -0.1) is 0 Å². The molecule has 3 aromatic rings. The molecule has 0 bridgehead atoms. The van der Waals surface area contributed by atoms with Crippen molar-refractivity contribution in [3.05, 3.63) is 63.6 Å². The summed E-state index contributed by atoms with van der Waals surface area (Å²) in [4.78, 5) is 84.4. The van der Waals surface area contributed by atoms with E-state index in [1.807, 2.05) is 56.1 Å². The van der Waals surface area contributed by atoms with Gasteiger partial charge in [0.2, 0.25) is 0 Å². The smallest absolute Gasteiger partial charge is 0.419 e. The molecule has 334 valence electrons. The summed E-state index contributed by atoms with van der Waals surface area (Å²) < 4.78 is 17.7. The molecule has 3 saturated heterocycles. The number of unbranched alkanes of at least 4 members (excludes halogenated alkanes) is 1. The number of hydrogen-bond donors (Lipinski definition) is 1. The van der Waals surface area contributed by atoms with Gasteiger partial charge in [0.1, 0.15) is 0 Å². The van der Waals surface area contributed by atoms with Crippen LogP contribution < -0.4 is 11.1 Å². The van der Waals surface area contributed by atoms with Gasteiger partial charge >= 0.3 is 29.8 Å². The van der Waals surface area contributed by atoms with Crippen LogP contribution in [0.2, 0.25) is 0 Å². The van der Waals surface area contributed by atoms with Crippen LogP contribution in [-0.2, 0) is 43.7 Å². The number of nitrogens with one attached hydrogen (secondary N) is 1. The lowest BCUT2D eigenvalue weighted by Crippen LogP contribution is -2.53. The van der Waals surface area contributed by atoms with E-state index in [4.69, 9.17) is 13.9 Å². The van der Waals surface area contributed by atoms with Gasteiger partial charge in [-0.3, -0.25) is 14.2 Å². The predicted molar refractivity (Wildman–Crippen MR) is 232 cm³/mol. The molecule has 4 aliphatic heterocycles. The number of benzene rings is 2. The van der Waals surface area contributed by atoms with E-state index in [0.29, 0.717) is 82.3 Å². The van der Waals surface area contributed by atoms with Crippen molar-refractivity contribution in [3.63, 3.8) is 0 Å². The number of aryl methyl sites for hydroxylation is 2. The van der Waals surface area contributed by atoms with Gasteiger partial charge in [-0.05, 0) is 87.2 Å². The van der Waals surface area contributed by atoms with Crippen LogP contribution >= 0.6 is 0 Å². The second-order valence-corrected chi connectivity index (χ2v) is 16.6. The summed E-state index contributed by atoms with van der Waals surface area (Å²) in [6, 6.07) is 11.4. The highest BCUT2D eigenvalue weighted by Gasteiger charge is 2.35. The van der Waals surface area contributed by atoms with Crippen molar-refractivity contribution in [2.75, 3.05) is 77.9 Å². The molecular formula is C45H65N7O9. The first-order chi connectivity index (χ1) is 28.8. The van der Waals surface area contributed by atoms with E-state index in [1.165, 1.54) is 4.57 Å². The Morgan fingerprint density at radius 3 is 2.23 bits per heavy atom. The summed E-state index contributed by atoms with van der Waals surface area (Å²) in [6.07, 6.45) is 4.36. The Morgan fingerprint density at radius 1 is 0.869 bits per heavy atom. The number of rotatable bonds is 8. The summed E-state index contributed by atoms with van der Waals surface area (Å²) in [5, 5.41) is 3.03. The number of likely N-dealkylation sites (tertiary alicyclic amines) is 2. The Kier molecular flexibility index (Phi) is 16.4. The van der Waals surface area contributed by atoms with Crippen molar-refractivity contribution in [2.24, 2.45) is 13.0 Å². The lowest BCUT2D eigenvalue weighted by molar-refractivity contribution is -0.160. The van der Waals surface area contributed by atoms with Crippen LogP contribution in [0.15, 0.2) is 45.6 Å². The number of fused-ring (bicyclic) bond motifs is 2. The molecule has 0 aliphatic carbocycles. The highest BCUT2D eigenvalue weighted by atomic mass is 16.6. The van der Waals surface area contributed by atoms with Gasteiger partial charge in [0.25, 0.3) is 5.91 Å². The largest absolute Gasteiger partial charge is 0.459 e. The first-order valence-electron chi connectivity index (χ1n) is 21.5. The monoisotopic (exact) mass is 847 g/mol. The molecule has 16 nitrogen and oxygen atoms in total. The van der Waals surface area contributed by atoms with Crippen molar-refractivity contribution >= 4 is 46.7 Å². The number of carbonyl (C=O) groups is 5. The van der Waals surface area contributed by atoms with Gasteiger partial charge in [0.15, 0.2) is 11.7 Å². The number of anilines is 1. The number of oxazole rings is 1. The first kappa shape index (κ1) is 46.7. The Labute approximate surface area is 359 Å². The molecular weight excluding hydrogens is 783 g/mol. The second kappa shape index (κ2) is 21.4. The lowest BCUT2D eigenvalue weighted by atomic mass is 9.99. The molecule has 0 radical (unpaired) electrons. The lowest BCUT2D eigenvalue weighted by Gasteiger charge is -2.38. The van der Waals surface area contributed by atoms with Crippen LogP contribution in [-0.4, -0.2) is 144 Å². The van der Waals surface area contributed by atoms with E-state index in [9.17, 15) is 28.8 Å². The van der Waals surface area contributed by atoms with Gasteiger partial charge < -0.3 is 43.7 Å². The first-order valence-corrected chi connectivity index (χ1v) is 21.5. The fraction of sp³-hybridized carbons (Fsp3) is 0.600. The fourth-order valence-electron chi connectivity index (χ4n) is 8.33. The quantitative estimate of drug-likeness (QED) is 0.184. The number of carbonyl (C=O) groups excluding carboxylic acids is 5. The number of likely N-dealkylation sites (N-methyl/N-ethyl adjacent to an activating group) is 1. The average Bonchev–Trinajstić information content (AvgIpc) is 3.42. The topological polar surface area (TPSA) is 167 Å². The third-order valence-electron chi connectivity index (χ3n) is 12.2. The number of ether oxygens (including phenoxy) is 2. The van der Waals surface area contributed by atoms with Gasteiger partial charge in [-0.1, -0.05) is 52.0 Å². The minimum atomic E-state index is -1.02. The van der Waals surface area contributed by atoms with Crippen molar-refractivity contribution in [2.45, 2.75) is 91.7 Å².